The highest BCUT2D eigenvalue weighted by Crippen LogP contribution is 2.66. The molecule has 3 heterocycles. The van der Waals surface area contributed by atoms with Crippen LogP contribution in [0.25, 0.3) is 6.08 Å². The van der Waals surface area contributed by atoms with Crippen LogP contribution in [-0.4, -0.2) is 69.8 Å². The van der Waals surface area contributed by atoms with Crippen LogP contribution in [0.15, 0.2) is 35.0 Å². The van der Waals surface area contributed by atoms with Crippen LogP contribution in [0, 0.1) is 5.92 Å². The number of ether oxygens (including phenoxy) is 1. The van der Waals surface area contributed by atoms with E-state index in [1.54, 1.807) is 28.4 Å². The molecule has 0 unspecified atom stereocenters. The fourth-order valence-corrected chi connectivity index (χ4v) is 8.30. The topological polar surface area (TPSA) is 73.2 Å². The van der Waals surface area contributed by atoms with Gasteiger partial charge in [-0.15, -0.1) is 0 Å². The Hall–Kier alpha value is -2.35. The molecule has 184 valence electrons. The normalized spacial score (nSPS) is 35.1. The second kappa shape index (κ2) is 7.58. The first kappa shape index (κ1) is 21.9. The quantitative estimate of drug-likeness (QED) is 0.625. The summed E-state index contributed by atoms with van der Waals surface area (Å²) in [6, 6.07) is 5.62. The first-order chi connectivity index (χ1) is 16.9. The van der Waals surface area contributed by atoms with E-state index in [0.29, 0.717) is 18.6 Å². The predicted molar refractivity (Wildman–Crippen MR) is 135 cm³/mol. The van der Waals surface area contributed by atoms with Gasteiger partial charge in [-0.2, -0.15) is 11.3 Å². The number of phenols is 1. The van der Waals surface area contributed by atoms with E-state index in [1.807, 2.05) is 36.0 Å². The number of rotatable bonds is 5. The van der Waals surface area contributed by atoms with Crippen LogP contribution in [0.3, 0.4) is 0 Å². The molecule has 2 bridgehead atoms. The fraction of sp³-hybridized carbons (Fsp3) is 0.536. The van der Waals surface area contributed by atoms with Crippen molar-refractivity contribution in [3.8, 4) is 11.5 Å². The number of likely N-dealkylation sites (tertiary alicyclic amines) is 1. The summed E-state index contributed by atoms with van der Waals surface area (Å²) in [7, 11) is 1.85. The summed E-state index contributed by atoms with van der Waals surface area (Å²) in [5, 5.41) is 27.4. The van der Waals surface area contributed by atoms with Crippen LogP contribution in [0.1, 0.15) is 48.8 Å². The number of nitrogens with zero attached hydrogens (tertiary/aromatic N) is 2. The molecule has 5 aliphatic rings. The highest BCUT2D eigenvalue weighted by atomic mass is 32.1. The predicted octanol–water partition coefficient (Wildman–Crippen LogP) is 3.56. The van der Waals surface area contributed by atoms with Crippen LogP contribution >= 0.6 is 11.3 Å². The maximum atomic E-state index is 13.2. The zero-order valence-electron chi connectivity index (χ0n) is 20.0. The van der Waals surface area contributed by atoms with E-state index >= 15 is 0 Å². The highest BCUT2D eigenvalue weighted by molar-refractivity contribution is 7.08. The summed E-state index contributed by atoms with van der Waals surface area (Å²) in [6.45, 7) is 1.98. The van der Waals surface area contributed by atoms with E-state index in [9.17, 15) is 15.0 Å². The van der Waals surface area contributed by atoms with Gasteiger partial charge in [-0.1, -0.05) is 6.07 Å². The number of aliphatic hydroxyl groups is 1. The van der Waals surface area contributed by atoms with Gasteiger partial charge in [-0.25, -0.2) is 0 Å². The molecule has 0 radical (unpaired) electrons. The molecule has 5 atom stereocenters. The van der Waals surface area contributed by atoms with Crippen molar-refractivity contribution in [3.05, 3.63) is 51.7 Å². The molecule has 1 saturated heterocycles. The largest absolute Gasteiger partial charge is 0.504 e. The van der Waals surface area contributed by atoms with Crippen molar-refractivity contribution in [2.75, 3.05) is 20.1 Å². The first-order valence-electron chi connectivity index (χ1n) is 12.9. The second-order valence-electron chi connectivity index (χ2n) is 11.2. The van der Waals surface area contributed by atoms with Gasteiger partial charge in [0.05, 0.1) is 17.1 Å². The highest BCUT2D eigenvalue weighted by Gasteiger charge is 2.73. The molecule has 1 aromatic carbocycles. The van der Waals surface area contributed by atoms with Crippen LogP contribution in [0.4, 0.5) is 0 Å². The monoisotopic (exact) mass is 492 g/mol. The molecule has 3 aliphatic carbocycles. The third-order valence-corrected chi connectivity index (χ3v) is 10.2. The minimum absolute atomic E-state index is 0.0476. The SMILES string of the molecule is CN(C(=O)/C=C/c1ccsc1)[C@H]1CC[C@@]2(O)[C@H]3Cc4ccc(O)c5c4[C@@]2(CCN3CC2CC2)[C@H]1O5. The summed E-state index contributed by atoms with van der Waals surface area (Å²) in [5.74, 6) is 1.36. The van der Waals surface area contributed by atoms with Gasteiger partial charge in [0.25, 0.3) is 0 Å². The summed E-state index contributed by atoms with van der Waals surface area (Å²) in [4.78, 5) is 17.6. The van der Waals surface area contributed by atoms with Gasteiger partial charge >= 0.3 is 0 Å². The zero-order valence-corrected chi connectivity index (χ0v) is 20.8. The summed E-state index contributed by atoms with van der Waals surface area (Å²) in [6.07, 6.45) is 8.57. The van der Waals surface area contributed by atoms with Crippen molar-refractivity contribution in [1.82, 2.24) is 9.80 Å². The molecular weight excluding hydrogens is 460 g/mol. The van der Waals surface area contributed by atoms with Crippen LogP contribution in [-0.2, 0) is 16.6 Å². The Labute approximate surface area is 209 Å². The maximum absolute atomic E-state index is 13.2. The van der Waals surface area contributed by atoms with Crippen molar-refractivity contribution >= 4 is 23.3 Å². The third-order valence-electron chi connectivity index (χ3n) is 9.54. The fourth-order valence-electron chi connectivity index (χ4n) is 7.67. The van der Waals surface area contributed by atoms with Gasteiger partial charge in [0, 0.05) is 31.3 Å². The van der Waals surface area contributed by atoms with Crippen molar-refractivity contribution in [3.63, 3.8) is 0 Å². The van der Waals surface area contributed by atoms with Gasteiger partial charge in [-0.3, -0.25) is 9.69 Å². The maximum Gasteiger partial charge on any atom is 0.246 e. The Morgan fingerprint density at radius 3 is 2.91 bits per heavy atom. The lowest BCUT2D eigenvalue weighted by molar-refractivity contribution is -0.200. The van der Waals surface area contributed by atoms with Gasteiger partial charge in [-0.05, 0) is 91.1 Å². The van der Waals surface area contributed by atoms with Gasteiger partial charge in [0.1, 0.15) is 6.10 Å². The minimum Gasteiger partial charge on any atom is -0.504 e. The molecule has 7 rings (SSSR count). The lowest BCUT2D eigenvalue weighted by Gasteiger charge is -2.64. The minimum atomic E-state index is -0.927. The van der Waals surface area contributed by atoms with E-state index in [-0.39, 0.29) is 29.8 Å². The lowest BCUT2D eigenvalue weighted by atomic mass is 9.48. The number of likely N-dealkylation sites (N-methyl/N-ethyl adjacent to an activating group) is 1. The van der Waals surface area contributed by atoms with Crippen molar-refractivity contribution in [2.24, 2.45) is 5.92 Å². The standard InChI is InChI=1S/C28H32N2O4S/c1-29(23(32)7-4-18-9-13-35-16-18)20-8-10-28(33)22-14-19-5-6-21(31)25-24(19)27(28,26(20)34-25)11-12-30(22)15-17-2-3-17/h4-7,9,13,16-17,20,22,26,31,33H,2-3,8,10-12,14-15H2,1H3/b7-4+/t20-,22+,26-,27-,28+/m0/s1. The number of phenolic OH excluding ortho intramolecular Hbond substituents is 1. The Morgan fingerprint density at radius 1 is 1.29 bits per heavy atom. The number of piperidine rings is 1. The Balaban J connectivity index is 1.28. The number of hydrogen-bond donors (Lipinski definition) is 2. The van der Waals surface area contributed by atoms with E-state index in [1.165, 1.54) is 18.4 Å². The number of carbonyl (C=O) groups excluding carboxylic acids is 1. The number of benzene rings is 1. The van der Waals surface area contributed by atoms with Crippen LogP contribution in [0.2, 0.25) is 0 Å². The van der Waals surface area contributed by atoms with Gasteiger partial charge in [0.15, 0.2) is 11.5 Å². The molecule has 2 aliphatic heterocycles. The molecular formula is C28H32N2O4S. The Morgan fingerprint density at radius 2 is 2.14 bits per heavy atom. The van der Waals surface area contributed by atoms with E-state index < -0.39 is 11.0 Å². The summed E-state index contributed by atoms with van der Waals surface area (Å²) in [5.41, 5.74) is 1.68. The lowest BCUT2D eigenvalue weighted by Crippen LogP contribution is -2.78. The summed E-state index contributed by atoms with van der Waals surface area (Å²) >= 11 is 1.61. The Kier molecular flexibility index (Phi) is 4.74. The van der Waals surface area contributed by atoms with Crippen LogP contribution < -0.4 is 4.74 Å². The van der Waals surface area contributed by atoms with Gasteiger partial charge in [0.2, 0.25) is 5.91 Å². The molecule has 1 aromatic heterocycles. The average molecular weight is 493 g/mol. The van der Waals surface area contributed by atoms with Gasteiger partial charge < -0.3 is 19.8 Å². The van der Waals surface area contributed by atoms with Crippen LogP contribution in [0.5, 0.6) is 11.5 Å². The molecule has 2 saturated carbocycles. The van der Waals surface area contributed by atoms with Crippen molar-refractivity contribution in [1.29, 1.82) is 0 Å². The molecule has 1 amide bonds. The number of thiophene rings is 1. The van der Waals surface area contributed by atoms with Crippen molar-refractivity contribution < 1.29 is 19.7 Å². The first-order valence-corrected chi connectivity index (χ1v) is 13.8. The molecule has 6 nitrogen and oxygen atoms in total. The smallest absolute Gasteiger partial charge is 0.246 e. The average Bonchev–Trinajstić information content (AvgIpc) is 3.36. The molecule has 7 heteroatoms. The molecule has 2 N–H and O–H groups in total. The molecule has 1 spiro atoms. The van der Waals surface area contributed by atoms with Crippen molar-refractivity contribution in [2.45, 2.75) is 67.7 Å². The van der Waals surface area contributed by atoms with E-state index in [2.05, 4.69) is 4.90 Å². The van der Waals surface area contributed by atoms with E-state index in [0.717, 1.165) is 43.0 Å². The number of aromatic hydroxyl groups is 1. The molecule has 3 fully saturated rings. The molecule has 35 heavy (non-hydrogen) atoms. The number of hydrogen-bond acceptors (Lipinski definition) is 6. The number of amides is 1. The third kappa shape index (κ3) is 2.98. The Bertz CT molecular complexity index is 1210. The molecule has 2 aromatic rings. The second-order valence-corrected chi connectivity index (χ2v) is 12.0. The summed E-state index contributed by atoms with van der Waals surface area (Å²) < 4.78 is 6.59. The zero-order chi connectivity index (χ0) is 23.9. The number of carbonyl (C=O) groups is 1. The van der Waals surface area contributed by atoms with E-state index in [4.69, 9.17) is 4.74 Å².